The smallest absolute Gasteiger partial charge is 0.413 e. The minimum atomic E-state index is -4.04. The van der Waals surface area contributed by atoms with E-state index in [1.165, 1.54) is 19.2 Å². The number of nitrogens with one attached hydrogen (secondary N) is 2. The number of amides is 1. The highest BCUT2D eigenvalue weighted by Crippen LogP contribution is 2.26. The lowest BCUT2D eigenvalue weighted by molar-refractivity contribution is 0.186. The highest BCUT2D eigenvalue weighted by atomic mass is 32.2. The third-order valence-corrected chi connectivity index (χ3v) is 5.32. The van der Waals surface area contributed by atoms with Crippen LogP contribution in [0.2, 0.25) is 0 Å². The van der Waals surface area contributed by atoms with Gasteiger partial charge in [0, 0.05) is 0 Å². The molecule has 2 N–H and O–H groups in total. The van der Waals surface area contributed by atoms with E-state index in [0.29, 0.717) is 11.0 Å². The Morgan fingerprint density at radius 2 is 1.79 bits per heavy atom. The maximum absolute atomic E-state index is 12.6. The van der Waals surface area contributed by atoms with Gasteiger partial charge < -0.3 is 13.9 Å². The second-order valence-corrected chi connectivity index (χ2v) is 8.74. The monoisotopic (exact) mass is 403 g/mol. The average Bonchev–Trinajstić information content (AvgIpc) is 3.02. The highest BCUT2D eigenvalue weighted by molar-refractivity contribution is 7.87. The van der Waals surface area contributed by atoms with Gasteiger partial charge in [0.1, 0.15) is 10.6 Å². The van der Waals surface area contributed by atoms with Gasteiger partial charge in [0.2, 0.25) is 5.95 Å². The Balaban J connectivity index is 1.84. The van der Waals surface area contributed by atoms with Crippen molar-refractivity contribution in [2.75, 3.05) is 12.4 Å². The van der Waals surface area contributed by atoms with Crippen molar-refractivity contribution >= 4 is 33.2 Å². The van der Waals surface area contributed by atoms with Crippen LogP contribution in [0.5, 0.6) is 5.75 Å². The van der Waals surface area contributed by atoms with Gasteiger partial charge in [0.25, 0.3) is 0 Å². The van der Waals surface area contributed by atoms with Crippen LogP contribution >= 0.6 is 0 Å². The molecule has 3 rings (SSSR count). The number of aromatic amines is 1. The van der Waals surface area contributed by atoms with Crippen molar-refractivity contribution in [3.8, 4) is 5.75 Å². The maximum atomic E-state index is 12.6. The number of carbonyl (C=O) groups excluding carboxylic acids is 1. The molecule has 148 valence electrons. The topological polar surface area (TPSA) is 110 Å². The van der Waals surface area contributed by atoms with Crippen LogP contribution in [0.15, 0.2) is 47.4 Å². The van der Waals surface area contributed by atoms with Gasteiger partial charge in [0.05, 0.1) is 18.1 Å². The molecule has 0 saturated carbocycles. The average molecular weight is 403 g/mol. The van der Waals surface area contributed by atoms with Crippen LogP contribution in [0, 0.1) is 0 Å². The summed E-state index contributed by atoms with van der Waals surface area (Å²) in [6.07, 6.45) is -0.686. The molecule has 1 aromatic heterocycles. The van der Waals surface area contributed by atoms with Crippen molar-refractivity contribution in [1.29, 1.82) is 0 Å². The van der Waals surface area contributed by atoms with Gasteiger partial charge >= 0.3 is 16.2 Å². The zero-order chi connectivity index (χ0) is 20.5. The van der Waals surface area contributed by atoms with Crippen molar-refractivity contribution < 1.29 is 22.1 Å². The second-order valence-electron chi connectivity index (χ2n) is 7.19. The van der Waals surface area contributed by atoms with E-state index in [1.54, 1.807) is 18.2 Å². The summed E-state index contributed by atoms with van der Waals surface area (Å²) >= 11 is 0. The zero-order valence-electron chi connectivity index (χ0n) is 15.9. The second kappa shape index (κ2) is 7.16. The number of carbonyl (C=O) groups is 1. The number of nitrogens with zero attached hydrogens (tertiary/aromatic N) is 1. The molecule has 0 fully saturated rings. The van der Waals surface area contributed by atoms with Crippen LogP contribution in [0.1, 0.15) is 26.3 Å². The molecule has 1 heterocycles. The minimum Gasteiger partial charge on any atom is -0.453 e. The first kappa shape index (κ1) is 19.7. The molecule has 3 aromatic rings. The lowest BCUT2D eigenvalue weighted by Gasteiger charge is -2.19. The number of aromatic nitrogens is 2. The number of methoxy groups -OCH3 is 1. The van der Waals surface area contributed by atoms with E-state index in [1.807, 2.05) is 12.1 Å². The Morgan fingerprint density at radius 1 is 1.11 bits per heavy atom. The fourth-order valence-electron chi connectivity index (χ4n) is 2.53. The Bertz CT molecular complexity index is 1110. The van der Waals surface area contributed by atoms with Crippen molar-refractivity contribution in [2.24, 2.45) is 0 Å². The predicted molar refractivity (Wildman–Crippen MR) is 105 cm³/mol. The molecule has 0 radical (unpaired) electrons. The van der Waals surface area contributed by atoms with Crippen LogP contribution in [0.25, 0.3) is 11.0 Å². The molecule has 0 aliphatic heterocycles. The molecule has 9 heteroatoms. The van der Waals surface area contributed by atoms with Crippen LogP contribution in [0.4, 0.5) is 10.7 Å². The van der Waals surface area contributed by atoms with Crippen LogP contribution in [-0.4, -0.2) is 31.6 Å². The number of rotatable bonds is 4. The molecule has 0 spiro atoms. The lowest BCUT2D eigenvalue weighted by Crippen LogP contribution is -2.12. The molecular formula is C19H21N3O5S. The Labute approximate surface area is 163 Å². The summed E-state index contributed by atoms with van der Waals surface area (Å²) in [6.45, 7) is 6.21. The minimum absolute atomic E-state index is 0.0433. The van der Waals surface area contributed by atoms with E-state index in [0.717, 1.165) is 5.56 Å². The van der Waals surface area contributed by atoms with Crippen LogP contribution in [-0.2, 0) is 20.3 Å². The third kappa shape index (κ3) is 4.25. The Hall–Kier alpha value is -3.07. The largest absolute Gasteiger partial charge is 0.453 e. The summed E-state index contributed by atoms with van der Waals surface area (Å²) in [6, 6.07) is 11.3. The molecule has 0 atom stereocenters. The fraction of sp³-hybridized carbons (Fsp3) is 0.263. The molecule has 1 amide bonds. The fourth-order valence-corrected chi connectivity index (χ4v) is 3.48. The van der Waals surface area contributed by atoms with E-state index in [4.69, 9.17) is 4.18 Å². The first-order chi connectivity index (χ1) is 13.1. The molecule has 28 heavy (non-hydrogen) atoms. The lowest BCUT2D eigenvalue weighted by atomic mass is 9.87. The standard InChI is InChI=1S/C19H21N3O5S/c1-19(2,3)12-5-7-13(8-6-12)27-28(24,25)14-9-10-15-16(11-14)21-17(20-15)22-18(23)26-4/h5-11H,1-4H3,(H2,20,21,22,23). The zero-order valence-corrected chi connectivity index (χ0v) is 16.8. The molecular weight excluding hydrogens is 382 g/mol. The van der Waals surface area contributed by atoms with Crippen molar-refractivity contribution in [3.63, 3.8) is 0 Å². The summed E-state index contributed by atoms with van der Waals surface area (Å²) in [5, 5.41) is 2.39. The maximum Gasteiger partial charge on any atom is 0.413 e. The summed E-state index contributed by atoms with van der Waals surface area (Å²) in [5.41, 5.74) is 1.94. The SMILES string of the molecule is COC(=O)Nc1nc2cc(S(=O)(=O)Oc3ccc(C(C)(C)C)cc3)ccc2[nH]1. The number of H-pyrrole nitrogens is 1. The first-order valence-corrected chi connectivity index (χ1v) is 9.89. The molecule has 8 nitrogen and oxygen atoms in total. The van der Waals surface area contributed by atoms with Crippen molar-refractivity contribution in [1.82, 2.24) is 9.97 Å². The highest BCUT2D eigenvalue weighted by Gasteiger charge is 2.19. The number of hydrogen-bond acceptors (Lipinski definition) is 6. The van der Waals surface area contributed by atoms with Gasteiger partial charge in [-0.25, -0.2) is 9.78 Å². The summed E-state index contributed by atoms with van der Waals surface area (Å²) < 4.78 is 35.0. The third-order valence-electron chi connectivity index (χ3n) is 4.08. The number of hydrogen-bond donors (Lipinski definition) is 2. The molecule has 0 unspecified atom stereocenters. The summed E-state index contributed by atoms with van der Waals surface area (Å²) in [4.78, 5) is 18.2. The van der Waals surface area contributed by atoms with Gasteiger partial charge in [-0.2, -0.15) is 8.42 Å². The molecule has 0 bridgehead atoms. The van der Waals surface area contributed by atoms with E-state index < -0.39 is 16.2 Å². The van der Waals surface area contributed by atoms with Gasteiger partial charge in [-0.3, -0.25) is 5.32 Å². The van der Waals surface area contributed by atoms with E-state index in [9.17, 15) is 13.2 Å². The molecule has 0 aliphatic rings. The van der Waals surface area contributed by atoms with E-state index >= 15 is 0 Å². The molecule has 0 aliphatic carbocycles. The summed E-state index contributed by atoms with van der Waals surface area (Å²) in [5.74, 6) is 0.373. The summed E-state index contributed by atoms with van der Waals surface area (Å²) in [7, 11) is -2.81. The van der Waals surface area contributed by atoms with Crippen molar-refractivity contribution in [3.05, 3.63) is 48.0 Å². The number of fused-ring (bicyclic) bond motifs is 1. The number of ether oxygens (including phenoxy) is 1. The van der Waals surface area contributed by atoms with E-state index in [-0.39, 0.29) is 22.0 Å². The molecule has 2 aromatic carbocycles. The number of anilines is 1. The Morgan fingerprint density at radius 3 is 2.39 bits per heavy atom. The van der Waals surface area contributed by atoms with Crippen LogP contribution < -0.4 is 9.50 Å². The Kier molecular flexibility index (Phi) is 5.03. The quantitative estimate of drug-likeness (QED) is 0.641. The van der Waals surface area contributed by atoms with Gasteiger partial charge in [-0.1, -0.05) is 32.9 Å². The first-order valence-electron chi connectivity index (χ1n) is 8.48. The van der Waals surface area contributed by atoms with Gasteiger partial charge in [-0.05, 0) is 41.3 Å². The van der Waals surface area contributed by atoms with Crippen molar-refractivity contribution in [2.45, 2.75) is 31.1 Å². The normalized spacial score (nSPS) is 12.0. The number of benzene rings is 2. The molecule has 0 saturated heterocycles. The van der Waals surface area contributed by atoms with E-state index in [2.05, 4.69) is 40.8 Å². The van der Waals surface area contributed by atoms with Crippen LogP contribution in [0.3, 0.4) is 0 Å². The van der Waals surface area contributed by atoms with Gasteiger partial charge in [-0.15, -0.1) is 0 Å². The van der Waals surface area contributed by atoms with Gasteiger partial charge in [0.15, 0.2) is 0 Å². The predicted octanol–water partition coefficient (Wildman–Crippen LogP) is 3.81. The number of imidazole rings is 1.